The molecule has 1 rings (SSSR count). The summed E-state index contributed by atoms with van der Waals surface area (Å²) in [6.45, 7) is 6.57. The van der Waals surface area contributed by atoms with E-state index in [9.17, 15) is 0 Å². The van der Waals surface area contributed by atoms with Crippen molar-refractivity contribution in [1.29, 1.82) is 0 Å². The van der Waals surface area contributed by atoms with Gasteiger partial charge in [0, 0.05) is 26.7 Å². The van der Waals surface area contributed by atoms with E-state index < -0.39 is 0 Å². The average Bonchev–Trinajstić information content (AvgIpc) is 2.53. The molecule has 0 heterocycles. The number of nitrogens with one attached hydrogen (secondary N) is 2. The van der Waals surface area contributed by atoms with Gasteiger partial charge in [0.05, 0.1) is 13.2 Å². The molecule has 0 bridgehead atoms. The summed E-state index contributed by atoms with van der Waals surface area (Å²) >= 11 is 0. The average molecular weight is 435 g/mol. The van der Waals surface area contributed by atoms with Crippen molar-refractivity contribution in [2.45, 2.75) is 32.8 Å². The van der Waals surface area contributed by atoms with Crippen LogP contribution in [0.1, 0.15) is 25.8 Å². The molecular weight excluding hydrogens is 405 g/mol. The third-order valence-corrected chi connectivity index (χ3v) is 3.15. The molecule has 6 heteroatoms. The van der Waals surface area contributed by atoms with E-state index in [4.69, 9.17) is 9.47 Å². The van der Waals surface area contributed by atoms with Crippen molar-refractivity contribution in [1.82, 2.24) is 10.6 Å². The smallest absolute Gasteiger partial charge is 0.190 e. The Hall–Kier alpha value is -1.02. The van der Waals surface area contributed by atoms with E-state index >= 15 is 0 Å². The van der Waals surface area contributed by atoms with E-state index in [1.54, 1.807) is 14.2 Å². The number of aliphatic imine (C=N–C) groups is 1. The maximum Gasteiger partial charge on any atom is 0.190 e. The molecule has 0 aliphatic carbocycles. The quantitative estimate of drug-likeness (QED) is 0.271. The van der Waals surface area contributed by atoms with E-state index in [0.717, 1.165) is 44.2 Å². The first kappa shape index (κ1) is 22.0. The monoisotopic (exact) mass is 435 g/mol. The lowest BCUT2D eigenvalue weighted by Gasteiger charge is -2.12. The minimum Gasteiger partial charge on any atom is -0.497 e. The van der Waals surface area contributed by atoms with Crippen molar-refractivity contribution in [2.24, 2.45) is 4.99 Å². The number of ether oxygens (including phenoxy) is 2. The summed E-state index contributed by atoms with van der Waals surface area (Å²) in [5.74, 6) is 1.72. The van der Waals surface area contributed by atoms with Crippen molar-refractivity contribution in [3.63, 3.8) is 0 Å². The minimum atomic E-state index is 0. The highest BCUT2D eigenvalue weighted by molar-refractivity contribution is 14.0. The third-order valence-electron chi connectivity index (χ3n) is 3.15. The fourth-order valence-electron chi connectivity index (χ4n) is 1.94. The molecule has 0 aliphatic rings. The van der Waals surface area contributed by atoms with Crippen LogP contribution in [0.2, 0.25) is 0 Å². The first-order valence-corrected chi connectivity index (χ1v) is 7.84. The van der Waals surface area contributed by atoms with Crippen molar-refractivity contribution in [3.05, 3.63) is 29.8 Å². The van der Waals surface area contributed by atoms with Crippen LogP contribution in [0.5, 0.6) is 5.75 Å². The molecule has 0 spiro atoms. The van der Waals surface area contributed by atoms with Crippen LogP contribution in [0.15, 0.2) is 29.3 Å². The van der Waals surface area contributed by atoms with E-state index in [1.807, 2.05) is 26.0 Å². The van der Waals surface area contributed by atoms with E-state index in [1.165, 1.54) is 5.56 Å². The molecule has 0 saturated heterocycles. The topological polar surface area (TPSA) is 54.9 Å². The zero-order chi connectivity index (χ0) is 16.2. The van der Waals surface area contributed by atoms with E-state index in [0.29, 0.717) is 6.10 Å². The Morgan fingerprint density at radius 2 is 1.78 bits per heavy atom. The molecule has 0 saturated carbocycles. The molecule has 0 unspecified atom stereocenters. The number of nitrogens with zero attached hydrogens (tertiary/aromatic N) is 1. The number of halogens is 1. The predicted molar refractivity (Wildman–Crippen MR) is 107 cm³/mol. The molecule has 1 aromatic rings. The van der Waals surface area contributed by atoms with Gasteiger partial charge >= 0.3 is 0 Å². The molecule has 23 heavy (non-hydrogen) atoms. The van der Waals surface area contributed by atoms with Gasteiger partial charge in [0.15, 0.2) is 5.96 Å². The van der Waals surface area contributed by atoms with Gasteiger partial charge in [-0.25, -0.2) is 0 Å². The van der Waals surface area contributed by atoms with Crippen molar-refractivity contribution < 1.29 is 9.47 Å². The Morgan fingerprint density at radius 1 is 1.13 bits per heavy atom. The second-order valence-corrected chi connectivity index (χ2v) is 5.30. The zero-order valence-corrected chi connectivity index (χ0v) is 16.9. The van der Waals surface area contributed by atoms with E-state index in [2.05, 4.69) is 27.8 Å². The number of hydrogen-bond acceptors (Lipinski definition) is 3. The predicted octanol–water partition coefficient (Wildman–Crippen LogP) is 2.84. The van der Waals surface area contributed by atoms with Crippen molar-refractivity contribution in [2.75, 3.05) is 33.9 Å². The van der Waals surface area contributed by atoms with Gasteiger partial charge in [-0.1, -0.05) is 12.1 Å². The lowest BCUT2D eigenvalue weighted by Crippen LogP contribution is -2.39. The van der Waals surface area contributed by atoms with Gasteiger partial charge in [0.25, 0.3) is 0 Å². The van der Waals surface area contributed by atoms with Crippen molar-refractivity contribution in [3.8, 4) is 5.75 Å². The molecule has 2 N–H and O–H groups in total. The van der Waals surface area contributed by atoms with Crippen LogP contribution in [-0.2, 0) is 11.2 Å². The highest BCUT2D eigenvalue weighted by Crippen LogP contribution is 2.11. The Bertz CT molecular complexity index is 436. The number of hydrogen-bond donors (Lipinski definition) is 2. The van der Waals surface area contributed by atoms with Crippen LogP contribution >= 0.6 is 24.0 Å². The molecule has 1 aromatic carbocycles. The highest BCUT2D eigenvalue weighted by atomic mass is 127. The summed E-state index contributed by atoms with van der Waals surface area (Å²) in [5, 5.41) is 6.60. The van der Waals surface area contributed by atoms with E-state index in [-0.39, 0.29) is 24.0 Å². The van der Waals surface area contributed by atoms with Gasteiger partial charge in [-0.15, -0.1) is 24.0 Å². The number of rotatable bonds is 9. The standard InChI is InChI=1S/C17H29N3O2.HI/c1-14(2)22-13-5-11-19-17(18-3)20-12-10-15-6-8-16(21-4)9-7-15;/h6-9,14H,5,10-13H2,1-4H3,(H2,18,19,20);1H. The maximum atomic E-state index is 5.50. The summed E-state index contributed by atoms with van der Waals surface area (Å²) in [7, 11) is 3.46. The molecule has 132 valence electrons. The lowest BCUT2D eigenvalue weighted by atomic mass is 10.1. The normalized spacial score (nSPS) is 11.1. The highest BCUT2D eigenvalue weighted by Gasteiger charge is 1.99. The maximum absolute atomic E-state index is 5.50. The fourth-order valence-corrected chi connectivity index (χ4v) is 1.94. The second-order valence-electron chi connectivity index (χ2n) is 5.30. The molecule has 0 atom stereocenters. The third kappa shape index (κ3) is 10.4. The van der Waals surface area contributed by atoms with Crippen LogP contribution in [0.25, 0.3) is 0 Å². The zero-order valence-electron chi connectivity index (χ0n) is 14.6. The Labute approximate surface area is 157 Å². The molecule has 0 aromatic heterocycles. The van der Waals surface area contributed by atoms with Crippen LogP contribution in [0.4, 0.5) is 0 Å². The molecule has 0 fully saturated rings. The van der Waals surface area contributed by atoms with Gasteiger partial charge in [-0.2, -0.15) is 0 Å². The summed E-state index contributed by atoms with van der Waals surface area (Å²) in [4.78, 5) is 4.21. The summed E-state index contributed by atoms with van der Waals surface area (Å²) in [5.41, 5.74) is 1.27. The second kappa shape index (κ2) is 13.4. The minimum absolute atomic E-state index is 0. The van der Waals surface area contributed by atoms with Crippen LogP contribution in [-0.4, -0.2) is 45.9 Å². The number of benzene rings is 1. The number of methoxy groups -OCH3 is 1. The first-order valence-electron chi connectivity index (χ1n) is 7.84. The Morgan fingerprint density at radius 3 is 2.35 bits per heavy atom. The van der Waals surface area contributed by atoms with Gasteiger partial charge in [-0.05, 0) is 44.4 Å². The summed E-state index contributed by atoms with van der Waals surface area (Å²) in [6, 6.07) is 8.13. The van der Waals surface area contributed by atoms with Crippen LogP contribution in [0.3, 0.4) is 0 Å². The SMILES string of the molecule is CN=C(NCCCOC(C)C)NCCc1ccc(OC)cc1.I. The number of guanidine groups is 1. The van der Waals surface area contributed by atoms with Crippen LogP contribution in [0, 0.1) is 0 Å². The van der Waals surface area contributed by atoms with Gasteiger partial charge in [-0.3, -0.25) is 4.99 Å². The summed E-state index contributed by atoms with van der Waals surface area (Å²) < 4.78 is 10.7. The van der Waals surface area contributed by atoms with Gasteiger partial charge in [0.2, 0.25) is 0 Å². The molecule has 0 radical (unpaired) electrons. The largest absolute Gasteiger partial charge is 0.497 e. The molecular formula is C17H30IN3O2. The first-order chi connectivity index (χ1) is 10.7. The fraction of sp³-hybridized carbons (Fsp3) is 0.588. The van der Waals surface area contributed by atoms with Gasteiger partial charge < -0.3 is 20.1 Å². The summed E-state index contributed by atoms with van der Waals surface area (Å²) in [6.07, 6.45) is 2.21. The Kier molecular flexibility index (Phi) is 12.8. The Balaban J connectivity index is 0.00000484. The van der Waals surface area contributed by atoms with Gasteiger partial charge in [0.1, 0.15) is 5.75 Å². The molecule has 0 aliphatic heterocycles. The van der Waals surface area contributed by atoms with Crippen LogP contribution < -0.4 is 15.4 Å². The lowest BCUT2D eigenvalue weighted by molar-refractivity contribution is 0.0776. The van der Waals surface area contributed by atoms with Crippen molar-refractivity contribution >= 4 is 29.9 Å². The molecule has 5 nitrogen and oxygen atoms in total. The molecule has 0 amide bonds.